The summed E-state index contributed by atoms with van der Waals surface area (Å²) in [5.74, 6) is -0.347. The summed E-state index contributed by atoms with van der Waals surface area (Å²) < 4.78 is 30.2. The Labute approximate surface area is 193 Å². The van der Waals surface area contributed by atoms with Crippen LogP contribution < -0.4 is 4.90 Å². The molecule has 2 fully saturated rings. The molecule has 33 heavy (non-hydrogen) atoms. The van der Waals surface area contributed by atoms with Crippen molar-refractivity contribution < 1.29 is 13.9 Å². The standard InChI is InChI=1S/C22H23F2N7OS/c1-22(16-9-13(23)3-4-17(16)24)6-2-7-30(22)18-5-8-31-20(28-18)15(10-27-31)19(25)33-21(26)29-11-14(32)12-29/h3-5,8-10,14,25-26,32H,2,6-7,11-12H2,1H3/t22-/m1/s1. The molecule has 4 heterocycles. The number of likely N-dealkylation sites (tertiary alicyclic amines) is 1. The zero-order valence-electron chi connectivity index (χ0n) is 17.9. The molecular formula is C22H23F2N7OS. The average molecular weight is 472 g/mol. The molecule has 8 nitrogen and oxygen atoms in total. The topological polar surface area (TPSA) is 105 Å². The molecule has 172 valence electrons. The Bertz CT molecular complexity index is 1260. The molecule has 3 N–H and O–H groups in total. The highest BCUT2D eigenvalue weighted by Gasteiger charge is 2.41. The third kappa shape index (κ3) is 3.74. The maximum absolute atomic E-state index is 14.7. The summed E-state index contributed by atoms with van der Waals surface area (Å²) in [5, 5.41) is 30.7. The van der Waals surface area contributed by atoms with Gasteiger partial charge >= 0.3 is 0 Å². The Morgan fingerprint density at radius 1 is 1.24 bits per heavy atom. The van der Waals surface area contributed by atoms with E-state index < -0.39 is 23.3 Å². The van der Waals surface area contributed by atoms with Gasteiger partial charge in [0.2, 0.25) is 0 Å². The number of aliphatic hydroxyl groups is 1. The monoisotopic (exact) mass is 471 g/mol. The van der Waals surface area contributed by atoms with Crippen LogP contribution in [0.1, 0.15) is 30.9 Å². The van der Waals surface area contributed by atoms with Crippen molar-refractivity contribution in [3.05, 3.63) is 59.4 Å². The molecule has 2 aromatic heterocycles. The Hall–Kier alpha value is -3.05. The van der Waals surface area contributed by atoms with Gasteiger partial charge in [0.05, 0.1) is 23.4 Å². The van der Waals surface area contributed by atoms with Gasteiger partial charge in [-0.2, -0.15) is 5.10 Å². The molecule has 0 saturated carbocycles. The maximum Gasteiger partial charge on any atom is 0.167 e. The summed E-state index contributed by atoms with van der Waals surface area (Å²) >= 11 is 0.980. The summed E-state index contributed by atoms with van der Waals surface area (Å²) in [4.78, 5) is 8.41. The van der Waals surface area contributed by atoms with Gasteiger partial charge in [0.1, 0.15) is 22.5 Å². The minimum Gasteiger partial charge on any atom is -0.389 e. The van der Waals surface area contributed by atoms with Crippen molar-refractivity contribution in [2.24, 2.45) is 0 Å². The van der Waals surface area contributed by atoms with E-state index in [0.29, 0.717) is 48.6 Å². The van der Waals surface area contributed by atoms with Crippen LogP contribution in [0.3, 0.4) is 0 Å². The summed E-state index contributed by atoms with van der Waals surface area (Å²) in [5.41, 5.74) is 0.463. The number of fused-ring (bicyclic) bond motifs is 1. The van der Waals surface area contributed by atoms with Crippen molar-refractivity contribution in [2.45, 2.75) is 31.4 Å². The lowest BCUT2D eigenvalue weighted by molar-refractivity contribution is 0.0483. The third-order valence-electron chi connectivity index (χ3n) is 6.37. The van der Waals surface area contributed by atoms with Crippen molar-refractivity contribution >= 4 is 33.4 Å². The first-order chi connectivity index (χ1) is 15.8. The normalized spacial score (nSPS) is 21.0. The van der Waals surface area contributed by atoms with E-state index in [-0.39, 0.29) is 10.2 Å². The lowest BCUT2D eigenvalue weighted by atomic mass is 9.88. The second-order valence-corrected chi connectivity index (χ2v) is 9.56. The van der Waals surface area contributed by atoms with Gasteiger partial charge in [-0.3, -0.25) is 10.8 Å². The van der Waals surface area contributed by atoms with Gasteiger partial charge in [0.25, 0.3) is 0 Å². The molecule has 5 rings (SSSR count). The quantitative estimate of drug-likeness (QED) is 0.400. The molecule has 11 heteroatoms. The predicted molar refractivity (Wildman–Crippen MR) is 123 cm³/mol. The van der Waals surface area contributed by atoms with Crippen LogP contribution in [0.5, 0.6) is 0 Å². The number of thioether (sulfide) groups is 1. The molecule has 2 saturated heterocycles. The van der Waals surface area contributed by atoms with Crippen molar-refractivity contribution in [3.63, 3.8) is 0 Å². The van der Waals surface area contributed by atoms with Crippen molar-refractivity contribution in [1.82, 2.24) is 19.5 Å². The van der Waals surface area contributed by atoms with E-state index in [1.807, 2.05) is 11.8 Å². The van der Waals surface area contributed by atoms with E-state index in [9.17, 15) is 13.9 Å². The highest BCUT2D eigenvalue weighted by Crippen LogP contribution is 2.42. The van der Waals surface area contributed by atoms with E-state index in [0.717, 1.165) is 30.3 Å². The summed E-state index contributed by atoms with van der Waals surface area (Å²) in [6.45, 7) is 3.30. The van der Waals surface area contributed by atoms with Crippen LogP contribution in [0.25, 0.3) is 5.65 Å². The Morgan fingerprint density at radius 2 is 2.03 bits per heavy atom. The first kappa shape index (κ1) is 21.8. The van der Waals surface area contributed by atoms with Gasteiger partial charge in [-0.1, -0.05) is 0 Å². The van der Waals surface area contributed by atoms with Gasteiger partial charge < -0.3 is 14.9 Å². The van der Waals surface area contributed by atoms with Crippen LogP contribution in [0.15, 0.2) is 36.7 Å². The first-order valence-corrected chi connectivity index (χ1v) is 11.4. The molecule has 0 amide bonds. The number of hydrogen-bond donors (Lipinski definition) is 3. The average Bonchev–Trinajstić information content (AvgIpc) is 3.36. The smallest absolute Gasteiger partial charge is 0.167 e. The van der Waals surface area contributed by atoms with Crippen LogP contribution in [0.2, 0.25) is 0 Å². The zero-order chi connectivity index (χ0) is 23.3. The summed E-state index contributed by atoms with van der Waals surface area (Å²) in [6, 6.07) is 5.31. The number of aliphatic hydroxyl groups excluding tert-OH is 1. The van der Waals surface area contributed by atoms with E-state index in [4.69, 9.17) is 15.8 Å². The number of amidine groups is 1. The largest absolute Gasteiger partial charge is 0.389 e. The molecular weight excluding hydrogens is 448 g/mol. The Morgan fingerprint density at radius 3 is 2.79 bits per heavy atom. The number of β-amino-alcohol motifs (C(OH)–C–C–N with tert-alkyl or cyclic N) is 1. The lowest BCUT2D eigenvalue weighted by Crippen LogP contribution is -2.52. The fourth-order valence-corrected chi connectivity index (χ4v) is 5.25. The summed E-state index contributed by atoms with van der Waals surface area (Å²) in [6.07, 6.45) is 4.29. The second-order valence-electron chi connectivity index (χ2n) is 8.56. The van der Waals surface area contributed by atoms with Crippen LogP contribution in [0.4, 0.5) is 14.6 Å². The van der Waals surface area contributed by atoms with Gasteiger partial charge in [0, 0.05) is 31.4 Å². The molecule has 1 aromatic carbocycles. The van der Waals surface area contributed by atoms with Crippen molar-refractivity contribution in [2.75, 3.05) is 24.5 Å². The maximum atomic E-state index is 14.7. The minimum atomic E-state index is -0.763. The van der Waals surface area contributed by atoms with E-state index in [2.05, 4.69) is 5.10 Å². The number of nitrogens with one attached hydrogen (secondary N) is 2. The predicted octanol–water partition coefficient (Wildman–Crippen LogP) is 3.19. The number of halogens is 2. The molecule has 0 bridgehead atoms. The minimum absolute atomic E-state index is 0.126. The van der Waals surface area contributed by atoms with E-state index >= 15 is 0 Å². The number of nitrogens with zero attached hydrogens (tertiary/aromatic N) is 5. The summed E-state index contributed by atoms with van der Waals surface area (Å²) in [7, 11) is 0. The lowest BCUT2D eigenvalue weighted by Gasteiger charge is -2.37. The van der Waals surface area contributed by atoms with E-state index in [1.165, 1.54) is 12.3 Å². The van der Waals surface area contributed by atoms with Crippen molar-refractivity contribution in [3.8, 4) is 0 Å². The van der Waals surface area contributed by atoms with Crippen LogP contribution >= 0.6 is 11.8 Å². The van der Waals surface area contributed by atoms with Crippen LogP contribution in [-0.4, -0.2) is 60.6 Å². The number of rotatable bonds is 3. The van der Waals surface area contributed by atoms with Gasteiger partial charge in [-0.05, 0) is 55.8 Å². The Kier molecular flexibility index (Phi) is 5.32. The highest BCUT2D eigenvalue weighted by atomic mass is 32.2. The molecule has 1 atom stereocenters. The molecule has 2 aliphatic heterocycles. The molecule has 3 aromatic rings. The van der Waals surface area contributed by atoms with Crippen LogP contribution in [-0.2, 0) is 5.54 Å². The molecule has 0 radical (unpaired) electrons. The second kappa shape index (κ2) is 8.07. The highest BCUT2D eigenvalue weighted by molar-refractivity contribution is 8.26. The van der Waals surface area contributed by atoms with Gasteiger partial charge in [-0.25, -0.2) is 18.3 Å². The fourth-order valence-electron chi connectivity index (χ4n) is 4.53. The number of benzene rings is 1. The number of anilines is 1. The molecule has 0 unspecified atom stereocenters. The number of hydrogen-bond acceptors (Lipinski definition) is 7. The zero-order valence-corrected chi connectivity index (χ0v) is 18.7. The molecule has 0 aliphatic carbocycles. The van der Waals surface area contributed by atoms with E-state index in [1.54, 1.807) is 21.7 Å². The Balaban J connectivity index is 1.46. The SMILES string of the molecule is C[C@]1(c2cc(F)ccc2F)CCCN1c1ccn2ncc(C(=N)SC(=N)N3CC(O)C3)c2n1. The third-order valence-corrected chi connectivity index (χ3v) is 7.25. The van der Waals surface area contributed by atoms with Crippen molar-refractivity contribution in [1.29, 1.82) is 10.8 Å². The first-order valence-electron chi connectivity index (χ1n) is 10.6. The van der Waals surface area contributed by atoms with Crippen LogP contribution in [0, 0.1) is 22.5 Å². The fraction of sp³-hybridized carbons (Fsp3) is 0.364. The molecule has 0 spiro atoms. The van der Waals surface area contributed by atoms with Gasteiger partial charge in [-0.15, -0.1) is 0 Å². The molecule has 2 aliphatic rings. The number of aromatic nitrogens is 3. The van der Waals surface area contributed by atoms with Gasteiger partial charge in [0.15, 0.2) is 10.8 Å².